The van der Waals surface area contributed by atoms with Crippen molar-refractivity contribution in [2.24, 2.45) is 11.3 Å². The molecular weight excluding hydrogens is 274 g/mol. The van der Waals surface area contributed by atoms with Crippen molar-refractivity contribution in [3.05, 3.63) is 39.9 Å². The molecule has 3 rings (SSSR count). The van der Waals surface area contributed by atoms with E-state index in [9.17, 15) is 14.9 Å². The Morgan fingerprint density at radius 1 is 1.38 bits per heavy atom. The first-order valence-corrected chi connectivity index (χ1v) is 6.98. The van der Waals surface area contributed by atoms with Gasteiger partial charge in [-0.3, -0.25) is 10.1 Å². The van der Waals surface area contributed by atoms with Crippen LogP contribution in [0, 0.1) is 21.4 Å². The molecule has 3 atom stereocenters. The van der Waals surface area contributed by atoms with E-state index < -0.39 is 10.9 Å². The van der Waals surface area contributed by atoms with Crippen molar-refractivity contribution in [2.45, 2.75) is 32.5 Å². The second kappa shape index (κ2) is 4.80. The number of benzene rings is 1. The van der Waals surface area contributed by atoms with Crippen LogP contribution in [0.2, 0.25) is 0 Å². The van der Waals surface area contributed by atoms with Crippen molar-refractivity contribution in [2.75, 3.05) is 6.61 Å². The normalized spacial score (nSPS) is 29.3. The third-order valence-electron chi connectivity index (χ3n) is 4.54. The predicted octanol–water partition coefficient (Wildman–Crippen LogP) is 2.57. The zero-order chi connectivity index (χ0) is 15.2. The first-order valence-electron chi connectivity index (χ1n) is 6.98. The molecule has 2 fully saturated rings. The molecule has 0 radical (unpaired) electrons. The van der Waals surface area contributed by atoms with E-state index in [0.29, 0.717) is 12.2 Å². The molecule has 0 N–H and O–H groups in total. The Morgan fingerprint density at radius 3 is 2.67 bits per heavy atom. The van der Waals surface area contributed by atoms with E-state index in [-0.39, 0.29) is 29.2 Å². The number of non-ortho nitro benzene ring substituents is 1. The summed E-state index contributed by atoms with van der Waals surface area (Å²) in [6, 6.07) is 5.47. The lowest BCUT2D eigenvalue weighted by Crippen LogP contribution is -2.61. The summed E-state index contributed by atoms with van der Waals surface area (Å²) in [6.45, 7) is 4.78. The van der Waals surface area contributed by atoms with E-state index in [1.54, 1.807) is 0 Å². The van der Waals surface area contributed by atoms with Gasteiger partial charge in [-0.2, -0.15) is 0 Å². The molecule has 1 aromatic rings. The Labute approximate surface area is 122 Å². The lowest BCUT2D eigenvalue weighted by molar-refractivity contribution is -0.384. The van der Waals surface area contributed by atoms with Crippen molar-refractivity contribution >= 4 is 11.7 Å². The van der Waals surface area contributed by atoms with Gasteiger partial charge in [0, 0.05) is 30.1 Å². The van der Waals surface area contributed by atoms with Crippen LogP contribution in [0.4, 0.5) is 5.69 Å². The fourth-order valence-corrected chi connectivity index (χ4v) is 3.42. The van der Waals surface area contributed by atoms with Crippen LogP contribution in [-0.2, 0) is 9.47 Å². The van der Waals surface area contributed by atoms with Gasteiger partial charge in [-0.25, -0.2) is 4.79 Å². The van der Waals surface area contributed by atoms with Gasteiger partial charge in [-0.1, -0.05) is 13.8 Å². The van der Waals surface area contributed by atoms with E-state index in [1.807, 2.05) is 13.8 Å². The van der Waals surface area contributed by atoms with Crippen molar-refractivity contribution in [3.63, 3.8) is 0 Å². The van der Waals surface area contributed by atoms with Crippen LogP contribution in [0.15, 0.2) is 24.3 Å². The summed E-state index contributed by atoms with van der Waals surface area (Å²) in [5.41, 5.74) is 0.107. The van der Waals surface area contributed by atoms with E-state index in [1.165, 1.54) is 24.3 Å². The number of esters is 1. The number of rotatable bonds is 3. The second-order valence-corrected chi connectivity index (χ2v) is 6.20. The van der Waals surface area contributed by atoms with Gasteiger partial charge in [0.2, 0.25) is 0 Å². The number of hydrogen-bond donors (Lipinski definition) is 0. The molecular formula is C15H17NO5. The summed E-state index contributed by atoms with van der Waals surface area (Å²) in [4.78, 5) is 22.3. The third kappa shape index (κ3) is 2.19. The number of hydrogen-bond acceptors (Lipinski definition) is 5. The lowest BCUT2D eigenvalue weighted by atomic mass is 9.59. The van der Waals surface area contributed by atoms with Crippen LogP contribution >= 0.6 is 0 Å². The smallest absolute Gasteiger partial charge is 0.338 e. The van der Waals surface area contributed by atoms with E-state index >= 15 is 0 Å². The molecule has 1 saturated carbocycles. The van der Waals surface area contributed by atoms with Gasteiger partial charge < -0.3 is 9.47 Å². The number of nitro benzene ring substituents is 1. The van der Waals surface area contributed by atoms with Crippen LogP contribution in [0.3, 0.4) is 0 Å². The molecule has 0 unspecified atom stereocenters. The second-order valence-electron chi connectivity index (χ2n) is 6.20. The van der Waals surface area contributed by atoms with Gasteiger partial charge in [0.05, 0.1) is 16.6 Å². The van der Waals surface area contributed by atoms with E-state index in [2.05, 4.69) is 0 Å². The van der Waals surface area contributed by atoms with Gasteiger partial charge >= 0.3 is 5.97 Å². The zero-order valence-corrected chi connectivity index (χ0v) is 11.9. The molecule has 1 aromatic carbocycles. The molecule has 0 amide bonds. The summed E-state index contributed by atoms with van der Waals surface area (Å²) in [7, 11) is 0. The number of carbonyl (C=O) groups is 1. The fraction of sp³-hybridized carbons (Fsp3) is 0.533. The molecule has 1 saturated heterocycles. The molecule has 1 aliphatic carbocycles. The van der Waals surface area contributed by atoms with Gasteiger partial charge in [0.15, 0.2) is 0 Å². The lowest BCUT2D eigenvalue weighted by Gasteiger charge is -2.53. The third-order valence-corrected chi connectivity index (χ3v) is 4.54. The number of carbonyl (C=O) groups excluding carboxylic acids is 1. The minimum atomic E-state index is -0.495. The van der Waals surface area contributed by atoms with Crippen LogP contribution in [0.5, 0.6) is 0 Å². The Bertz CT molecular complexity index is 580. The summed E-state index contributed by atoms with van der Waals surface area (Å²) in [5.74, 6) is -0.171. The predicted molar refractivity (Wildman–Crippen MR) is 73.9 cm³/mol. The minimum absolute atomic E-state index is 0.0419. The molecule has 1 heterocycles. The maximum absolute atomic E-state index is 12.2. The molecule has 2 aliphatic rings. The topological polar surface area (TPSA) is 78.7 Å². The molecule has 0 bridgehead atoms. The highest BCUT2D eigenvalue weighted by Crippen LogP contribution is 2.53. The Hall–Kier alpha value is -1.95. The molecule has 0 aromatic heterocycles. The van der Waals surface area contributed by atoms with Gasteiger partial charge in [0.25, 0.3) is 5.69 Å². The Morgan fingerprint density at radius 2 is 2.05 bits per heavy atom. The van der Waals surface area contributed by atoms with Crippen molar-refractivity contribution < 1.29 is 19.2 Å². The van der Waals surface area contributed by atoms with Crippen molar-refractivity contribution in [3.8, 4) is 0 Å². The fourth-order valence-electron chi connectivity index (χ4n) is 3.42. The van der Waals surface area contributed by atoms with Crippen LogP contribution in [0.1, 0.15) is 30.6 Å². The summed E-state index contributed by atoms with van der Waals surface area (Å²) in [5, 5.41) is 10.6. The number of nitrogens with zero attached hydrogens (tertiary/aromatic N) is 1. The molecule has 1 aliphatic heterocycles. The van der Waals surface area contributed by atoms with Gasteiger partial charge in [-0.05, 0) is 18.6 Å². The Kier molecular flexibility index (Phi) is 3.20. The van der Waals surface area contributed by atoms with Crippen LogP contribution in [-0.4, -0.2) is 29.7 Å². The molecule has 0 spiro atoms. The monoisotopic (exact) mass is 291 g/mol. The van der Waals surface area contributed by atoms with Gasteiger partial charge in [-0.15, -0.1) is 0 Å². The largest absolute Gasteiger partial charge is 0.458 e. The average molecular weight is 291 g/mol. The minimum Gasteiger partial charge on any atom is -0.458 e. The van der Waals surface area contributed by atoms with Crippen LogP contribution < -0.4 is 0 Å². The van der Waals surface area contributed by atoms with E-state index in [0.717, 1.165) is 6.42 Å². The zero-order valence-electron chi connectivity index (χ0n) is 11.9. The van der Waals surface area contributed by atoms with Gasteiger partial charge in [0.1, 0.15) is 6.10 Å². The molecule has 112 valence electrons. The standard InChI is InChI=1S/C15H17NO5/c1-15(2)12-11(7-8-20-12)13(15)21-14(17)9-3-5-10(6-4-9)16(18)19/h3-6,11-13H,7-8H2,1-2H3/t11-,12+,13+/m0/s1. The highest BCUT2D eigenvalue weighted by molar-refractivity contribution is 5.89. The molecule has 6 heteroatoms. The number of ether oxygens (including phenoxy) is 2. The molecule has 6 nitrogen and oxygen atoms in total. The maximum atomic E-state index is 12.2. The van der Waals surface area contributed by atoms with E-state index in [4.69, 9.17) is 9.47 Å². The van der Waals surface area contributed by atoms with Crippen LogP contribution in [0.25, 0.3) is 0 Å². The maximum Gasteiger partial charge on any atom is 0.338 e. The highest BCUT2D eigenvalue weighted by atomic mass is 16.6. The quantitative estimate of drug-likeness (QED) is 0.486. The summed E-state index contributed by atoms with van der Waals surface area (Å²) in [6.07, 6.45) is 0.909. The first-order chi connectivity index (χ1) is 9.91. The first kappa shape index (κ1) is 14.0. The number of fused-ring (bicyclic) bond motifs is 1. The Balaban J connectivity index is 1.70. The highest BCUT2D eigenvalue weighted by Gasteiger charge is 2.61. The molecule has 21 heavy (non-hydrogen) atoms. The SMILES string of the molecule is CC1(C)[C@@H]2OCC[C@@H]2[C@H]1OC(=O)c1ccc([N+](=O)[O-])cc1. The van der Waals surface area contributed by atoms with Crippen molar-refractivity contribution in [1.82, 2.24) is 0 Å². The summed E-state index contributed by atoms with van der Waals surface area (Å²) >= 11 is 0. The van der Waals surface area contributed by atoms with Crippen molar-refractivity contribution in [1.29, 1.82) is 0 Å². The average Bonchev–Trinajstić information content (AvgIpc) is 2.91. The number of nitro groups is 1. The summed E-state index contributed by atoms with van der Waals surface area (Å²) < 4.78 is 11.3.